The molecule has 1 saturated heterocycles. The number of carbonyl (C=O) groups is 1. The van der Waals surface area contributed by atoms with Crippen LogP contribution < -0.4 is 9.64 Å². The zero-order valence-electron chi connectivity index (χ0n) is 17.9. The molecule has 1 fully saturated rings. The molecule has 32 heavy (non-hydrogen) atoms. The predicted octanol–water partition coefficient (Wildman–Crippen LogP) is 5.60. The molecule has 0 radical (unpaired) electrons. The van der Waals surface area contributed by atoms with Crippen LogP contribution in [-0.2, 0) is 11.3 Å². The van der Waals surface area contributed by atoms with Crippen molar-refractivity contribution in [2.45, 2.75) is 25.8 Å². The van der Waals surface area contributed by atoms with E-state index in [4.69, 9.17) is 21.3 Å². The van der Waals surface area contributed by atoms with Gasteiger partial charge in [-0.1, -0.05) is 53.6 Å². The molecule has 3 aromatic carbocycles. The minimum Gasteiger partial charge on any atom is -0.492 e. The molecular weight excluding hydrogens is 422 g/mol. The van der Waals surface area contributed by atoms with E-state index in [1.54, 1.807) is 4.90 Å². The Morgan fingerprint density at radius 2 is 1.78 bits per heavy atom. The lowest BCUT2D eigenvalue weighted by atomic mass is 10.1. The maximum absolute atomic E-state index is 12.9. The number of ether oxygens (including phenoxy) is 1. The summed E-state index contributed by atoms with van der Waals surface area (Å²) in [7, 11) is 0. The Bertz CT molecular complexity index is 1270. The Hall–Kier alpha value is -3.31. The number of carbonyl (C=O) groups excluding carboxylic acids is 1. The number of hydrogen-bond acceptors (Lipinski definition) is 3. The van der Waals surface area contributed by atoms with Gasteiger partial charge in [0.15, 0.2) is 0 Å². The SMILES string of the molecule is Cc1ccc(OCCn2c([C@@H]3CC(=O)N(c4ccccc4Cl)C3)nc3ccccc32)cc1. The van der Waals surface area contributed by atoms with Crippen LogP contribution in [0, 0.1) is 6.92 Å². The van der Waals surface area contributed by atoms with Crippen molar-refractivity contribution in [2.75, 3.05) is 18.1 Å². The van der Waals surface area contributed by atoms with Crippen LogP contribution in [0.1, 0.15) is 23.7 Å². The molecule has 0 N–H and O–H groups in total. The van der Waals surface area contributed by atoms with Crippen LogP contribution in [0.5, 0.6) is 5.75 Å². The summed E-state index contributed by atoms with van der Waals surface area (Å²) in [6.07, 6.45) is 0.410. The Morgan fingerprint density at radius 1 is 1.03 bits per heavy atom. The van der Waals surface area contributed by atoms with Crippen LogP contribution in [0.4, 0.5) is 5.69 Å². The summed E-state index contributed by atoms with van der Waals surface area (Å²) in [4.78, 5) is 19.6. The number of rotatable bonds is 6. The second-order valence-corrected chi connectivity index (χ2v) is 8.54. The van der Waals surface area contributed by atoms with Gasteiger partial charge in [-0.25, -0.2) is 4.98 Å². The van der Waals surface area contributed by atoms with E-state index in [0.29, 0.717) is 31.1 Å². The van der Waals surface area contributed by atoms with Crippen molar-refractivity contribution in [2.24, 2.45) is 0 Å². The molecule has 1 aromatic heterocycles. The van der Waals surface area contributed by atoms with Crippen LogP contribution in [-0.4, -0.2) is 28.6 Å². The number of aryl methyl sites for hydroxylation is 1. The number of hydrogen-bond donors (Lipinski definition) is 0. The lowest BCUT2D eigenvalue weighted by Gasteiger charge is -2.18. The van der Waals surface area contributed by atoms with Crippen molar-refractivity contribution >= 4 is 34.2 Å². The maximum atomic E-state index is 12.9. The summed E-state index contributed by atoms with van der Waals surface area (Å²) >= 11 is 6.36. The number of fused-ring (bicyclic) bond motifs is 1. The molecule has 1 atom stereocenters. The van der Waals surface area contributed by atoms with Crippen molar-refractivity contribution in [3.05, 3.63) is 89.2 Å². The van der Waals surface area contributed by atoms with Gasteiger partial charge in [0.2, 0.25) is 5.91 Å². The van der Waals surface area contributed by atoms with E-state index >= 15 is 0 Å². The van der Waals surface area contributed by atoms with Crippen LogP contribution in [0.3, 0.4) is 0 Å². The summed E-state index contributed by atoms with van der Waals surface area (Å²) in [6.45, 7) is 3.79. The van der Waals surface area contributed by atoms with Crippen LogP contribution in [0.25, 0.3) is 11.0 Å². The topological polar surface area (TPSA) is 47.4 Å². The highest BCUT2D eigenvalue weighted by molar-refractivity contribution is 6.33. The fraction of sp³-hybridized carbons (Fsp3) is 0.231. The first kappa shape index (κ1) is 20.6. The van der Waals surface area contributed by atoms with E-state index in [2.05, 4.69) is 17.6 Å². The largest absolute Gasteiger partial charge is 0.492 e. The van der Waals surface area contributed by atoms with E-state index in [1.807, 2.05) is 66.7 Å². The molecule has 6 heteroatoms. The first-order valence-electron chi connectivity index (χ1n) is 10.8. The van der Waals surface area contributed by atoms with Crippen molar-refractivity contribution in [3.8, 4) is 5.75 Å². The highest BCUT2D eigenvalue weighted by atomic mass is 35.5. The van der Waals surface area contributed by atoms with Gasteiger partial charge in [-0.15, -0.1) is 0 Å². The van der Waals surface area contributed by atoms with Gasteiger partial charge >= 0.3 is 0 Å². The quantitative estimate of drug-likeness (QED) is 0.388. The fourth-order valence-corrected chi connectivity index (χ4v) is 4.55. The average Bonchev–Trinajstić information content (AvgIpc) is 3.36. The molecule has 5 rings (SSSR count). The maximum Gasteiger partial charge on any atom is 0.227 e. The molecule has 1 aliphatic rings. The zero-order valence-corrected chi connectivity index (χ0v) is 18.6. The highest BCUT2D eigenvalue weighted by Crippen LogP contribution is 2.36. The predicted molar refractivity (Wildman–Crippen MR) is 128 cm³/mol. The molecule has 4 aromatic rings. The lowest BCUT2D eigenvalue weighted by Crippen LogP contribution is -2.25. The molecule has 2 heterocycles. The number of benzene rings is 3. The Morgan fingerprint density at radius 3 is 2.59 bits per heavy atom. The summed E-state index contributed by atoms with van der Waals surface area (Å²) in [5.74, 6) is 1.83. The Balaban J connectivity index is 1.41. The van der Waals surface area contributed by atoms with E-state index in [1.165, 1.54) is 5.56 Å². The second kappa shape index (κ2) is 8.67. The van der Waals surface area contributed by atoms with Crippen LogP contribution in [0.15, 0.2) is 72.8 Å². The van der Waals surface area contributed by atoms with Crippen LogP contribution >= 0.6 is 11.6 Å². The number of halogens is 1. The first-order valence-corrected chi connectivity index (χ1v) is 11.2. The molecule has 0 unspecified atom stereocenters. The van der Waals surface area contributed by atoms with Gasteiger partial charge in [-0.3, -0.25) is 4.79 Å². The van der Waals surface area contributed by atoms with E-state index in [-0.39, 0.29) is 11.8 Å². The van der Waals surface area contributed by atoms with Crippen molar-refractivity contribution in [1.29, 1.82) is 0 Å². The van der Waals surface area contributed by atoms with Gasteiger partial charge in [0.25, 0.3) is 0 Å². The molecular formula is C26H24ClN3O2. The fourth-order valence-electron chi connectivity index (χ4n) is 4.31. The third-order valence-electron chi connectivity index (χ3n) is 5.92. The van der Waals surface area contributed by atoms with Gasteiger partial charge in [-0.05, 0) is 43.3 Å². The first-order chi connectivity index (χ1) is 15.6. The molecule has 162 valence electrons. The van der Waals surface area contributed by atoms with E-state index in [0.717, 1.165) is 28.3 Å². The number of imidazole rings is 1. The van der Waals surface area contributed by atoms with Gasteiger partial charge in [0.05, 0.1) is 28.3 Å². The van der Waals surface area contributed by atoms with Gasteiger partial charge in [-0.2, -0.15) is 0 Å². The van der Waals surface area contributed by atoms with Gasteiger partial charge < -0.3 is 14.2 Å². The number of para-hydroxylation sites is 3. The van der Waals surface area contributed by atoms with Gasteiger partial charge in [0.1, 0.15) is 18.2 Å². The molecule has 0 spiro atoms. The molecule has 5 nitrogen and oxygen atoms in total. The standard InChI is InChI=1S/C26H24ClN3O2/c1-18-10-12-20(13-11-18)32-15-14-29-24-9-5-3-7-22(24)28-26(29)19-16-25(31)30(17-19)23-8-4-2-6-21(23)27/h2-13,19H,14-17H2,1H3/t19-/m1/s1. The summed E-state index contributed by atoms with van der Waals surface area (Å²) in [5, 5.41) is 0.585. The monoisotopic (exact) mass is 445 g/mol. The average molecular weight is 446 g/mol. The van der Waals surface area contributed by atoms with Gasteiger partial charge in [0, 0.05) is 18.9 Å². The normalized spacial score (nSPS) is 16.1. The number of aromatic nitrogens is 2. The zero-order chi connectivity index (χ0) is 22.1. The third-order valence-corrected chi connectivity index (χ3v) is 6.24. The summed E-state index contributed by atoms with van der Waals surface area (Å²) in [6, 6.07) is 23.6. The minimum absolute atomic E-state index is 0.00875. The van der Waals surface area contributed by atoms with Crippen molar-refractivity contribution in [1.82, 2.24) is 9.55 Å². The summed E-state index contributed by atoms with van der Waals surface area (Å²) in [5.41, 5.74) is 3.95. The third kappa shape index (κ3) is 3.96. The van der Waals surface area contributed by atoms with Crippen molar-refractivity contribution in [3.63, 3.8) is 0 Å². The molecule has 0 bridgehead atoms. The summed E-state index contributed by atoms with van der Waals surface area (Å²) < 4.78 is 8.18. The Kier molecular flexibility index (Phi) is 5.58. The molecule has 1 aliphatic heterocycles. The van der Waals surface area contributed by atoms with E-state index < -0.39 is 0 Å². The second-order valence-electron chi connectivity index (χ2n) is 8.13. The highest BCUT2D eigenvalue weighted by Gasteiger charge is 2.35. The Labute approximate surface area is 192 Å². The van der Waals surface area contributed by atoms with E-state index in [9.17, 15) is 4.79 Å². The molecule has 0 saturated carbocycles. The number of nitrogens with zero attached hydrogens (tertiary/aromatic N) is 3. The number of amides is 1. The van der Waals surface area contributed by atoms with Crippen LogP contribution in [0.2, 0.25) is 5.02 Å². The molecule has 1 amide bonds. The van der Waals surface area contributed by atoms with Crippen molar-refractivity contribution < 1.29 is 9.53 Å². The minimum atomic E-state index is -0.00875. The number of anilines is 1. The lowest BCUT2D eigenvalue weighted by molar-refractivity contribution is -0.117. The smallest absolute Gasteiger partial charge is 0.227 e. The molecule has 0 aliphatic carbocycles.